The summed E-state index contributed by atoms with van der Waals surface area (Å²) in [6.45, 7) is 0. The molecule has 2 aromatic rings. The summed E-state index contributed by atoms with van der Waals surface area (Å²) in [6, 6.07) is 12.5. The van der Waals surface area contributed by atoms with Crippen molar-refractivity contribution in [1.29, 1.82) is 0 Å². The molecule has 0 spiro atoms. The van der Waals surface area contributed by atoms with Gasteiger partial charge in [-0.1, -0.05) is 37.8 Å². The minimum atomic E-state index is -0.417. The van der Waals surface area contributed by atoms with Gasteiger partial charge in [-0.15, -0.1) is 0 Å². The molecule has 4 nitrogen and oxygen atoms in total. The fourth-order valence-electron chi connectivity index (χ4n) is 3.26. The zero-order chi connectivity index (χ0) is 18.4. The van der Waals surface area contributed by atoms with E-state index in [1.54, 1.807) is 30.3 Å². The van der Waals surface area contributed by atoms with Gasteiger partial charge in [0.1, 0.15) is 5.82 Å². The Morgan fingerprint density at radius 1 is 0.846 bits per heavy atom. The zero-order valence-corrected chi connectivity index (χ0v) is 14.6. The quantitative estimate of drug-likeness (QED) is 0.793. The molecule has 0 atom stereocenters. The molecule has 0 saturated heterocycles. The minimum Gasteiger partial charge on any atom is -0.349 e. The second kappa shape index (κ2) is 8.61. The maximum absolute atomic E-state index is 13.2. The number of hydrogen-bond acceptors (Lipinski definition) is 2. The largest absolute Gasteiger partial charge is 0.349 e. The van der Waals surface area contributed by atoms with Gasteiger partial charge in [0, 0.05) is 22.9 Å². The van der Waals surface area contributed by atoms with Crippen LogP contribution in [0.5, 0.6) is 0 Å². The molecule has 1 aliphatic carbocycles. The van der Waals surface area contributed by atoms with E-state index < -0.39 is 5.82 Å². The van der Waals surface area contributed by atoms with Crippen LogP contribution in [0, 0.1) is 5.82 Å². The molecular weight excluding hydrogens is 331 g/mol. The van der Waals surface area contributed by atoms with Crippen LogP contribution in [0.4, 0.5) is 10.1 Å². The van der Waals surface area contributed by atoms with Crippen LogP contribution >= 0.6 is 0 Å². The van der Waals surface area contributed by atoms with Gasteiger partial charge in [0.15, 0.2) is 0 Å². The van der Waals surface area contributed by atoms with E-state index in [2.05, 4.69) is 10.6 Å². The summed E-state index contributed by atoms with van der Waals surface area (Å²) in [5.41, 5.74) is 1.20. The average Bonchev–Trinajstić information content (AvgIpc) is 2.90. The van der Waals surface area contributed by atoms with Crippen molar-refractivity contribution in [3.63, 3.8) is 0 Å². The molecule has 0 unspecified atom stereocenters. The van der Waals surface area contributed by atoms with Crippen LogP contribution in [-0.2, 0) is 0 Å². The summed E-state index contributed by atoms with van der Waals surface area (Å²) in [5.74, 6) is -0.948. The van der Waals surface area contributed by atoms with Crippen molar-refractivity contribution in [3.05, 3.63) is 65.5 Å². The highest BCUT2D eigenvalue weighted by Crippen LogP contribution is 2.18. The topological polar surface area (TPSA) is 58.2 Å². The van der Waals surface area contributed by atoms with Crippen LogP contribution in [-0.4, -0.2) is 17.9 Å². The van der Waals surface area contributed by atoms with Gasteiger partial charge in [-0.2, -0.15) is 0 Å². The Kier molecular flexibility index (Phi) is 6.00. The van der Waals surface area contributed by atoms with Gasteiger partial charge in [-0.25, -0.2) is 4.39 Å². The third-order valence-electron chi connectivity index (χ3n) is 4.66. The molecule has 1 saturated carbocycles. The standard InChI is InChI=1S/C21H23FN2O2/c22-17-9-6-12-19(14-17)24-21(26)16-8-5-7-15(13-16)20(25)23-18-10-3-1-2-4-11-18/h5-9,12-14,18H,1-4,10-11H2,(H,23,25)(H,24,26). The van der Waals surface area contributed by atoms with Crippen LogP contribution in [0.1, 0.15) is 59.2 Å². The van der Waals surface area contributed by atoms with Crippen molar-refractivity contribution in [1.82, 2.24) is 5.32 Å². The second-order valence-corrected chi connectivity index (χ2v) is 6.71. The van der Waals surface area contributed by atoms with Gasteiger partial charge in [0.2, 0.25) is 0 Å². The lowest BCUT2D eigenvalue weighted by Gasteiger charge is -2.16. The number of carbonyl (C=O) groups is 2. The maximum atomic E-state index is 13.2. The SMILES string of the molecule is O=C(Nc1cccc(F)c1)c1cccc(C(=O)NC2CCCCCC2)c1. The van der Waals surface area contributed by atoms with Crippen LogP contribution in [0.25, 0.3) is 0 Å². The van der Waals surface area contributed by atoms with E-state index in [0.717, 1.165) is 25.7 Å². The number of nitrogens with one attached hydrogen (secondary N) is 2. The van der Waals surface area contributed by atoms with E-state index in [0.29, 0.717) is 16.8 Å². The summed E-state index contributed by atoms with van der Waals surface area (Å²) >= 11 is 0. The number of anilines is 1. The Balaban J connectivity index is 1.66. The number of rotatable bonds is 4. The first kappa shape index (κ1) is 18.1. The number of carbonyl (C=O) groups excluding carboxylic acids is 2. The third-order valence-corrected chi connectivity index (χ3v) is 4.66. The zero-order valence-electron chi connectivity index (χ0n) is 14.6. The van der Waals surface area contributed by atoms with E-state index in [1.165, 1.54) is 31.0 Å². The number of amides is 2. The lowest BCUT2D eigenvalue weighted by molar-refractivity contribution is 0.0933. The van der Waals surface area contributed by atoms with Gasteiger partial charge in [0.05, 0.1) is 0 Å². The summed E-state index contributed by atoms with van der Waals surface area (Å²) in [4.78, 5) is 24.9. The van der Waals surface area contributed by atoms with Gasteiger partial charge < -0.3 is 10.6 Å². The Labute approximate surface area is 152 Å². The normalized spacial score (nSPS) is 15.1. The Morgan fingerprint density at radius 3 is 2.19 bits per heavy atom. The van der Waals surface area contributed by atoms with Gasteiger partial charge >= 0.3 is 0 Å². The van der Waals surface area contributed by atoms with Crippen molar-refractivity contribution in [2.75, 3.05) is 5.32 Å². The highest BCUT2D eigenvalue weighted by molar-refractivity contribution is 6.06. The Hall–Kier alpha value is -2.69. The first-order valence-electron chi connectivity index (χ1n) is 9.10. The lowest BCUT2D eigenvalue weighted by atomic mass is 10.1. The van der Waals surface area contributed by atoms with Gasteiger partial charge in [-0.05, 0) is 49.2 Å². The fourth-order valence-corrected chi connectivity index (χ4v) is 3.26. The molecular formula is C21H23FN2O2. The minimum absolute atomic E-state index is 0.155. The number of benzene rings is 2. The van der Waals surface area contributed by atoms with Crippen molar-refractivity contribution in [2.45, 2.75) is 44.6 Å². The smallest absolute Gasteiger partial charge is 0.255 e. The molecule has 0 aliphatic heterocycles. The summed E-state index contributed by atoms with van der Waals surface area (Å²) in [7, 11) is 0. The first-order valence-corrected chi connectivity index (χ1v) is 9.10. The summed E-state index contributed by atoms with van der Waals surface area (Å²) in [5, 5.41) is 5.72. The van der Waals surface area contributed by atoms with Gasteiger partial charge in [-0.3, -0.25) is 9.59 Å². The van der Waals surface area contributed by atoms with Crippen molar-refractivity contribution < 1.29 is 14.0 Å². The van der Waals surface area contributed by atoms with E-state index >= 15 is 0 Å². The molecule has 0 heterocycles. The first-order chi connectivity index (χ1) is 12.6. The van der Waals surface area contributed by atoms with Gasteiger partial charge in [0.25, 0.3) is 11.8 Å². The number of hydrogen-bond donors (Lipinski definition) is 2. The molecule has 3 rings (SSSR count). The Bertz CT molecular complexity index is 783. The molecule has 0 bridgehead atoms. The molecule has 2 aromatic carbocycles. The van der Waals surface area contributed by atoms with E-state index in [1.807, 2.05) is 0 Å². The highest BCUT2D eigenvalue weighted by atomic mass is 19.1. The van der Waals surface area contributed by atoms with E-state index in [-0.39, 0.29) is 17.9 Å². The van der Waals surface area contributed by atoms with Crippen LogP contribution < -0.4 is 10.6 Å². The van der Waals surface area contributed by atoms with Crippen LogP contribution in [0.3, 0.4) is 0 Å². The molecule has 2 amide bonds. The molecule has 136 valence electrons. The molecule has 1 aliphatic rings. The molecule has 0 radical (unpaired) electrons. The lowest BCUT2D eigenvalue weighted by Crippen LogP contribution is -2.34. The van der Waals surface area contributed by atoms with Crippen molar-refractivity contribution >= 4 is 17.5 Å². The predicted octanol–water partition coefficient (Wildman–Crippen LogP) is 4.53. The molecule has 2 N–H and O–H groups in total. The van der Waals surface area contributed by atoms with Crippen molar-refractivity contribution in [2.24, 2.45) is 0 Å². The van der Waals surface area contributed by atoms with E-state index in [9.17, 15) is 14.0 Å². The van der Waals surface area contributed by atoms with Crippen LogP contribution in [0.2, 0.25) is 0 Å². The second-order valence-electron chi connectivity index (χ2n) is 6.71. The van der Waals surface area contributed by atoms with Crippen molar-refractivity contribution in [3.8, 4) is 0 Å². The molecule has 26 heavy (non-hydrogen) atoms. The van der Waals surface area contributed by atoms with Crippen LogP contribution in [0.15, 0.2) is 48.5 Å². The predicted molar refractivity (Wildman–Crippen MR) is 99.8 cm³/mol. The highest BCUT2D eigenvalue weighted by Gasteiger charge is 2.17. The Morgan fingerprint density at radius 2 is 1.50 bits per heavy atom. The number of halogens is 1. The summed E-state index contributed by atoms with van der Waals surface area (Å²) < 4.78 is 13.2. The molecule has 1 fully saturated rings. The van der Waals surface area contributed by atoms with E-state index in [4.69, 9.17) is 0 Å². The summed E-state index contributed by atoms with van der Waals surface area (Å²) in [6.07, 6.45) is 6.74. The molecule has 5 heteroatoms. The molecule has 0 aromatic heterocycles. The monoisotopic (exact) mass is 354 g/mol. The maximum Gasteiger partial charge on any atom is 0.255 e. The fraction of sp³-hybridized carbons (Fsp3) is 0.333. The average molecular weight is 354 g/mol. The third kappa shape index (κ3) is 4.91.